The average molecular weight is 134 g/mol. The van der Waals surface area contributed by atoms with Crippen LogP contribution in [0.4, 0.5) is 0 Å². The van der Waals surface area contributed by atoms with Gasteiger partial charge in [0.1, 0.15) is 0 Å². The normalized spacial score (nSPS) is 16.7. The molecule has 0 bridgehead atoms. The van der Waals surface area contributed by atoms with Gasteiger partial charge in [0.05, 0.1) is 0 Å². The molecule has 0 saturated heterocycles. The topological polar surface area (TPSA) is 31.5 Å². The smallest absolute Gasteiger partial charge is 0 e. The molecular weight excluding hydrogens is 112 g/mol. The van der Waals surface area contributed by atoms with Crippen LogP contribution in [0.3, 0.4) is 0 Å². The summed E-state index contributed by atoms with van der Waals surface area (Å²) in [5, 5.41) is 0. The van der Waals surface area contributed by atoms with Crippen LogP contribution < -0.4 is 0 Å². The SMILES string of the molecule is C1CCCCC1.CC.O.[HH]. The number of hydrogen-bond donors (Lipinski definition) is 0. The first-order valence-corrected chi connectivity index (χ1v) is 4.00. The molecule has 0 spiro atoms. The summed E-state index contributed by atoms with van der Waals surface area (Å²) in [4.78, 5) is 0. The van der Waals surface area contributed by atoms with Crippen molar-refractivity contribution >= 4 is 0 Å². The molecule has 0 aromatic carbocycles. The summed E-state index contributed by atoms with van der Waals surface area (Å²) in [6.45, 7) is 4.00. The molecule has 1 nitrogen and oxygen atoms in total. The summed E-state index contributed by atoms with van der Waals surface area (Å²) < 4.78 is 0. The first-order valence-electron chi connectivity index (χ1n) is 4.00. The van der Waals surface area contributed by atoms with Crippen LogP contribution in [0, 0.1) is 0 Å². The second-order valence-electron chi connectivity index (χ2n) is 2.12. The van der Waals surface area contributed by atoms with E-state index >= 15 is 0 Å². The van der Waals surface area contributed by atoms with Gasteiger partial charge in [0.15, 0.2) is 0 Å². The molecule has 1 heteroatoms. The molecule has 0 aromatic heterocycles. The van der Waals surface area contributed by atoms with Crippen molar-refractivity contribution < 1.29 is 6.90 Å². The third-order valence-corrected chi connectivity index (χ3v) is 1.50. The van der Waals surface area contributed by atoms with Crippen molar-refractivity contribution in [3.63, 3.8) is 0 Å². The summed E-state index contributed by atoms with van der Waals surface area (Å²) in [6, 6.07) is 0. The summed E-state index contributed by atoms with van der Waals surface area (Å²) in [5.41, 5.74) is 0. The largest absolute Gasteiger partial charge is 0.412 e. The fourth-order valence-electron chi connectivity index (χ4n) is 1.06. The van der Waals surface area contributed by atoms with Crippen molar-refractivity contribution in [2.24, 2.45) is 0 Å². The van der Waals surface area contributed by atoms with E-state index < -0.39 is 0 Å². The molecular formula is C8H22O. The van der Waals surface area contributed by atoms with Gasteiger partial charge in [-0.25, -0.2) is 0 Å². The second-order valence-corrected chi connectivity index (χ2v) is 2.12. The molecule has 0 amide bonds. The first-order chi connectivity index (χ1) is 4.00. The van der Waals surface area contributed by atoms with Crippen LogP contribution in [0.2, 0.25) is 0 Å². The first kappa shape index (κ1) is 11.7. The summed E-state index contributed by atoms with van der Waals surface area (Å²) >= 11 is 0. The standard InChI is InChI=1S/C6H12.C2H6.H2O.H2/c1-2-4-6-5-3-1;1-2;;/h1-6H2;1-2H3;1H2;1H. The fraction of sp³-hybridized carbons (Fsp3) is 1.00. The second kappa shape index (κ2) is 10.9. The Morgan fingerprint density at radius 3 is 0.889 bits per heavy atom. The van der Waals surface area contributed by atoms with Crippen molar-refractivity contribution in [1.82, 2.24) is 0 Å². The Balaban J connectivity index is -0.000000114. The predicted octanol–water partition coefficient (Wildman–Crippen LogP) is 2.79. The van der Waals surface area contributed by atoms with Crippen LogP contribution in [0.5, 0.6) is 0 Å². The van der Waals surface area contributed by atoms with E-state index in [9.17, 15) is 0 Å². The van der Waals surface area contributed by atoms with Gasteiger partial charge >= 0.3 is 0 Å². The molecule has 0 aromatic rings. The van der Waals surface area contributed by atoms with Gasteiger partial charge in [-0.3, -0.25) is 0 Å². The zero-order chi connectivity index (χ0) is 6.24. The maximum absolute atomic E-state index is 2.00. The zero-order valence-corrected chi connectivity index (χ0v) is 6.74. The molecule has 1 rings (SSSR count). The molecule has 0 aliphatic heterocycles. The Labute approximate surface area is 60.3 Å². The quantitative estimate of drug-likeness (QED) is 0.488. The van der Waals surface area contributed by atoms with Crippen molar-refractivity contribution in [1.29, 1.82) is 0 Å². The molecule has 1 saturated carbocycles. The van der Waals surface area contributed by atoms with Gasteiger partial charge in [-0.15, -0.1) is 0 Å². The van der Waals surface area contributed by atoms with E-state index in [1.54, 1.807) is 0 Å². The molecule has 60 valence electrons. The summed E-state index contributed by atoms with van der Waals surface area (Å²) in [7, 11) is 0. The van der Waals surface area contributed by atoms with Gasteiger partial charge in [0.25, 0.3) is 0 Å². The highest BCUT2D eigenvalue weighted by Crippen LogP contribution is 2.15. The zero-order valence-electron chi connectivity index (χ0n) is 6.74. The molecule has 0 unspecified atom stereocenters. The molecule has 0 radical (unpaired) electrons. The molecule has 9 heavy (non-hydrogen) atoms. The van der Waals surface area contributed by atoms with Crippen LogP contribution >= 0.6 is 0 Å². The Hall–Kier alpha value is -0.0400. The van der Waals surface area contributed by atoms with Crippen LogP contribution in [0.15, 0.2) is 0 Å². The van der Waals surface area contributed by atoms with Gasteiger partial charge in [0, 0.05) is 1.43 Å². The van der Waals surface area contributed by atoms with Gasteiger partial charge < -0.3 is 5.48 Å². The third-order valence-electron chi connectivity index (χ3n) is 1.50. The Morgan fingerprint density at radius 1 is 0.667 bits per heavy atom. The lowest BCUT2D eigenvalue weighted by atomic mass is 10.0. The van der Waals surface area contributed by atoms with Crippen molar-refractivity contribution in [3.8, 4) is 0 Å². The van der Waals surface area contributed by atoms with Crippen LogP contribution in [-0.4, -0.2) is 5.48 Å². The minimum Gasteiger partial charge on any atom is -0.412 e. The van der Waals surface area contributed by atoms with Crippen LogP contribution in [0.25, 0.3) is 0 Å². The van der Waals surface area contributed by atoms with E-state index in [1.807, 2.05) is 13.8 Å². The van der Waals surface area contributed by atoms with E-state index in [4.69, 9.17) is 0 Å². The third kappa shape index (κ3) is 7.96. The van der Waals surface area contributed by atoms with Crippen molar-refractivity contribution in [2.45, 2.75) is 52.4 Å². The monoisotopic (exact) mass is 134 g/mol. The van der Waals surface area contributed by atoms with Crippen LogP contribution in [-0.2, 0) is 0 Å². The average Bonchev–Trinajstić information content (AvgIpc) is 1.96. The minimum absolute atomic E-state index is 0. The summed E-state index contributed by atoms with van der Waals surface area (Å²) in [6.07, 6.45) is 9.00. The number of hydrogen-bond acceptors (Lipinski definition) is 0. The Morgan fingerprint density at radius 2 is 0.778 bits per heavy atom. The predicted molar refractivity (Wildman–Crippen MR) is 44.8 cm³/mol. The van der Waals surface area contributed by atoms with Crippen LogP contribution in [0.1, 0.15) is 53.8 Å². The molecule has 0 heterocycles. The van der Waals surface area contributed by atoms with Crippen molar-refractivity contribution in [3.05, 3.63) is 0 Å². The highest BCUT2D eigenvalue weighted by atomic mass is 16.0. The molecule has 0 atom stereocenters. The van der Waals surface area contributed by atoms with E-state index in [0.29, 0.717) is 0 Å². The molecule has 1 fully saturated rings. The Kier molecular flexibility index (Phi) is 14.1. The molecule has 2 N–H and O–H groups in total. The lowest BCUT2D eigenvalue weighted by molar-refractivity contribution is 0.504. The maximum Gasteiger partial charge on any atom is 0 e. The highest BCUT2D eigenvalue weighted by Gasteiger charge is 1.95. The summed E-state index contributed by atoms with van der Waals surface area (Å²) in [5.74, 6) is 0. The van der Waals surface area contributed by atoms with Gasteiger partial charge in [-0.1, -0.05) is 52.4 Å². The lowest BCUT2D eigenvalue weighted by Gasteiger charge is -2.05. The highest BCUT2D eigenvalue weighted by molar-refractivity contribution is 4.51. The van der Waals surface area contributed by atoms with E-state index in [2.05, 4.69) is 0 Å². The Bertz CT molecular complexity index is 24.7. The molecule has 1 aliphatic rings. The maximum atomic E-state index is 2.00. The minimum atomic E-state index is 0. The van der Waals surface area contributed by atoms with E-state index in [0.717, 1.165) is 0 Å². The van der Waals surface area contributed by atoms with Gasteiger partial charge in [-0.05, 0) is 0 Å². The fourth-order valence-corrected chi connectivity index (χ4v) is 1.06. The van der Waals surface area contributed by atoms with E-state index in [1.165, 1.54) is 38.5 Å². The molecule has 1 aliphatic carbocycles. The van der Waals surface area contributed by atoms with Crippen molar-refractivity contribution in [2.75, 3.05) is 0 Å². The number of rotatable bonds is 0. The van der Waals surface area contributed by atoms with E-state index in [-0.39, 0.29) is 6.90 Å². The van der Waals surface area contributed by atoms with Gasteiger partial charge in [-0.2, -0.15) is 0 Å². The van der Waals surface area contributed by atoms with Gasteiger partial charge in [0.2, 0.25) is 0 Å². The lowest BCUT2D eigenvalue weighted by Crippen LogP contribution is -1.85.